The van der Waals surface area contributed by atoms with E-state index in [4.69, 9.17) is 9.73 Å². The molecule has 0 amide bonds. The van der Waals surface area contributed by atoms with E-state index in [0.29, 0.717) is 12.6 Å². The summed E-state index contributed by atoms with van der Waals surface area (Å²) in [5.74, 6) is 2.53. The Hall–Kier alpha value is -2.82. The topological polar surface area (TPSA) is 79.6 Å². The Morgan fingerprint density at radius 3 is 2.88 bits per heavy atom. The summed E-state index contributed by atoms with van der Waals surface area (Å²) < 4.78 is 7.28. The highest BCUT2D eigenvalue weighted by atomic mass is 127. The van der Waals surface area contributed by atoms with E-state index in [1.807, 2.05) is 36.5 Å². The monoisotopic (exact) mass is 547 g/mol. The average Bonchev–Trinajstić information content (AvgIpc) is 3.50. The summed E-state index contributed by atoms with van der Waals surface area (Å²) in [5, 5.41) is 11.2. The van der Waals surface area contributed by atoms with Gasteiger partial charge in [-0.15, -0.1) is 24.0 Å². The van der Waals surface area contributed by atoms with Gasteiger partial charge in [0.25, 0.3) is 0 Å². The molecule has 1 aliphatic rings. The molecule has 3 heterocycles. The summed E-state index contributed by atoms with van der Waals surface area (Å²) in [6.07, 6.45) is 6.47. The molecule has 32 heavy (non-hydrogen) atoms. The molecule has 4 rings (SSSR count). The number of halogens is 1. The molecular weight excluding hydrogens is 517 g/mol. The van der Waals surface area contributed by atoms with Crippen molar-refractivity contribution in [3.8, 4) is 11.6 Å². The molecule has 2 N–H and O–H groups in total. The lowest BCUT2D eigenvalue weighted by Gasteiger charge is -2.22. The number of aromatic nitrogens is 3. The second kappa shape index (κ2) is 11.7. The zero-order valence-corrected chi connectivity index (χ0v) is 20.8. The highest BCUT2D eigenvalue weighted by Crippen LogP contribution is 2.30. The van der Waals surface area contributed by atoms with Crippen LogP contribution in [0.4, 0.5) is 5.69 Å². The molecule has 9 heteroatoms. The van der Waals surface area contributed by atoms with Crippen LogP contribution in [0.3, 0.4) is 0 Å². The lowest BCUT2D eigenvalue weighted by atomic mass is 10.2. The van der Waals surface area contributed by atoms with Gasteiger partial charge in [0.2, 0.25) is 0 Å². The number of aliphatic imine (C=N–C) groups is 1. The van der Waals surface area contributed by atoms with E-state index in [-0.39, 0.29) is 24.0 Å². The molecular formula is C23H30IN7O. The predicted molar refractivity (Wildman–Crippen MR) is 138 cm³/mol. The van der Waals surface area contributed by atoms with E-state index in [1.165, 1.54) is 0 Å². The van der Waals surface area contributed by atoms with Gasteiger partial charge >= 0.3 is 0 Å². The molecule has 1 unspecified atom stereocenters. The Morgan fingerprint density at radius 1 is 1.22 bits per heavy atom. The van der Waals surface area contributed by atoms with Crippen LogP contribution < -0.4 is 20.3 Å². The minimum atomic E-state index is 0. The zero-order valence-electron chi connectivity index (χ0n) is 18.4. The normalized spacial score (nSPS) is 15.9. The van der Waals surface area contributed by atoms with Gasteiger partial charge in [0.1, 0.15) is 5.75 Å². The molecule has 8 nitrogen and oxygen atoms in total. The first-order chi connectivity index (χ1) is 15.3. The van der Waals surface area contributed by atoms with Gasteiger partial charge in [0.05, 0.1) is 19.3 Å². The number of methoxy groups -OCH3 is 1. The lowest BCUT2D eigenvalue weighted by Crippen LogP contribution is -2.44. The second-order valence-corrected chi connectivity index (χ2v) is 7.42. The molecule has 170 valence electrons. The molecule has 2 aromatic heterocycles. The summed E-state index contributed by atoms with van der Waals surface area (Å²) in [6, 6.07) is 14.4. The number of hydrogen-bond donors (Lipinski definition) is 2. The molecule has 0 spiro atoms. The number of pyridine rings is 1. The number of hydrogen-bond acceptors (Lipinski definition) is 5. The van der Waals surface area contributed by atoms with Crippen LogP contribution in [-0.2, 0) is 6.54 Å². The fraction of sp³-hybridized carbons (Fsp3) is 0.348. The van der Waals surface area contributed by atoms with E-state index in [2.05, 4.69) is 44.7 Å². The van der Waals surface area contributed by atoms with E-state index in [0.717, 1.165) is 54.8 Å². The van der Waals surface area contributed by atoms with Gasteiger partial charge in [-0.1, -0.05) is 12.1 Å². The number of anilines is 1. The zero-order chi connectivity index (χ0) is 21.5. The van der Waals surface area contributed by atoms with Crippen molar-refractivity contribution in [3.63, 3.8) is 0 Å². The molecule has 1 fully saturated rings. The summed E-state index contributed by atoms with van der Waals surface area (Å²) in [5.41, 5.74) is 2.22. The first-order valence-electron chi connectivity index (χ1n) is 10.6. The number of ether oxygens (including phenoxy) is 1. The van der Waals surface area contributed by atoms with Gasteiger partial charge in [-0.2, -0.15) is 5.10 Å². The van der Waals surface area contributed by atoms with Gasteiger partial charge in [-0.25, -0.2) is 14.7 Å². The van der Waals surface area contributed by atoms with E-state index < -0.39 is 0 Å². The Bertz CT molecular complexity index is 1010. The molecule has 3 aromatic rings. The maximum atomic E-state index is 5.53. The molecule has 1 aromatic carbocycles. The third-order valence-electron chi connectivity index (χ3n) is 5.27. The average molecular weight is 547 g/mol. The number of para-hydroxylation sites is 2. The molecule has 1 atom stereocenters. The van der Waals surface area contributed by atoms with Crippen LogP contribution in [0, 0.1) is 0 Å². The summed E-state index contributed by atoms with van der Waals surface area (Å²) in [6.45, 7) is 5.34. The maximum Gasteiger partial charge on any atom is 0.191 e. The van der Waals surface area contributed by atoms with Crippen molar-refractivity contribution < 1.29 is 4.74 Å². The summed E-state index contributed by atoms with van der Waals surface area (Å²) in [4.78, 5) is 11.5. The van der Waals surface area contributed by atoms with Crippen LogP contribution in [0.15, 0.2) is 66.0 Å². The fourth-order valence-corrected chi connectivity index (χ4v) is 3.76. The van der Waals surface area contributed by atoms with Gasteiger partial charge in [-0.3, -0.25) is 0 Å². The van der Waals surface area contributed by atoms with Crippen molar-refractivity contribution in [3.05, 3.63) is 66.6 Å². The van der Waals surface area contributed by atoms with Crippen molar-refractivity contribution >= 4 is 35.6 Å². The maximum absolute atomic E-state index is 5.53. The molecule has 1 aliphatic heterocycles. The number of nitrogens with one attached hydrogen (secondary N) is 2. The number of nitrogens with zero attached hydrogens (tertiary/aromatic N) is 5. The van der Waals surface area contributed by atoms with Crippen LogP contribution in [0.5, 0.6) is 5.75 Å². The molecule has 0 saturated carbocycles. The third-order valence-corrected chi connectivity index (χ3v) is 5.27. The minimum Gasteiger partial charge on any atom is -0.495 e. The smallest absolute Gasteiger partial charge is 0.191 e. The van der Waals surface area contributed by atoms with E-state index >= 15 is 0 Å². The number of guanidine groups is 1. The fourth-order valence-electron chi connectivity index (χ4n) is 3.76. The van der Waals surface area contributed by atoms with Crippen LogP contribution in [-0.4, -0.2) is 53.5 Å². The second-order valence-electron chi connectivity index (χ2n) is 7.42. The lowest BCUT2D eigenvalue weighted by molar-refractivity contribution is 0.415. The van der Waals surface area contributed by atoms with Crippen molar-refractivity contribution in [1.29, 1.82) is 0 Å². The Balaban J connectivity index is 0.00000289. The van der Waals surface area contributed by atoms with E-state index in [9.17, 15) is 0 Å². The predicted octanol–water partition coefficient (Wildman–Crippen LogP) is 3.23. The SMILES string of the molecule is CCNC(=NCc1ccnc(-n2cccn2)c1)NC1CCN(c2ccccc2OC)C1.I. The van der Waals surface area contributed by atoms with Crippen molar-refractivity contribution in [2.24, 2.45) is 4.99 Å². The van der Waals surface area contributed by atoms with Crippen LogP contribution in [0.1, 0.15) is 18.9 Å². The van der Waals surface area contributed by atoms with Crippen LogP contribution in [0.25, 0.3) is 5.82 Å². The largest absolute Gasteiger partial charge is 0.495 e. The quantitative estimate of drug-likeness (QED) is 0.269. The Morgan fingerprint density at radius 2 is 2.09 bits per heavy atom. The van der Waals surface area contributed by atoms with Crippen molar-refractivity contribution in [2.45, 2.75) is 25.9 Å². The van der Waals surface area contributed by atoms with Crippen LogP contribution >= 0.6 is 24.0 Å². The van der Waals surface area contributed by atoms with Gasteiger partial charge in [-0.05, 0) is 49.2 Å². The molecule has 0 bridgehead atoms. The third kappa shape index (κ3) is 5.90. The van der Waals surface area contributed by atoms with Gasteiger partial charge in [0, 0.05) is 44.3 Å². The van der Waals surface area contributed by atoms with Gasteiger partial charge in [0.15, 0.2) is 11.8 Å². The molecule has 1 saturated heterocycles. The molecule has 0 radical (unpaired) electrons. The summed E-state index contributed by atoms with van der Waals surface area (Å²) >= 11 is 0. The first-order valence-corrected chi connectivity index (χ1v) is 10.6. The highest BCUT2D eigenvalue weighted by molar-refractivity contribution is 14.0. The number of benzene rings is 1. The summed E-state index contributed by atoms with van der Waals surface area (Å²) in [7, 11) is 1.72. The highest BCUT2D eigenvalue weighted by Gasteiger charge is 2.25. The molecule has 0 aliphatic carbocycles. The van der Waals surface area contributed by atoms with Gasteiger partial charge < -0.3 is 20.3 Å². The van der Waals surface area contributed by atoms with Crippen LogP contribution in [0.2, 0.25) is 0 Å². The standard InChI is InChI=1S/C23H29N7O.HI/c1-3-24-23(26-16-18-9-12-25-22(15-18)30-13-6-11-27-30)28-19-10-14-29(17-19)20-7-4-5-8-21(20)31-2;/h4-9,11-13,15,19H,3,10,14,16-17H2,1-2H3,(H2,24,26,28);1H. The number of rotatable bonds is 7. The van der Waals surface area contributed by atoms with Crippen molar-refractivity contribution in [2.75, 3.05) is 31.6 Å². The minimum absolute atomic E-state index is 0. The Kier molecular flexibility index (Phi) is 8.72. The van der Waals surface area contributed by atoms with E-state index in [1.54, 1.807) is 24.2 Å². The Labute approximate surface area is 206 Å². The van der Waals surface area contributed by atoms with Crippen molar-refractivity contribution in [1.82, 2.24) is 25.4 Å². The first kappa shape index (κ1) is 23.8.